The predicted molar refractivity (Wildman–Crippen MR) is 55.9 cm³/mol. The van der Waals surface area contributed by atoms with Crippen LogP contribution in [0.4, 0.5) is 0 Å². The van der Waals surface area contributed by atoms with E-state index in [0.29, 0.717) is 0 Å². The zero-order chi connectivity index (χ0) is 10.7. The maximum absolute atomic E-state index is 10.5. The fourth-order valence-electron chi connectivity index (χ4n) is 1.25. The third kappa shape index (κ3) is 1.97. The molecule has 0 spiro atoms. The fourth-order valence-corrected chi connectivity index (χ4v) is 1.25. The van der Waals surface area contributed by atoms with Gasteiger partial charge in [-0.1, -0.05) is 12.0 Å². The van der Waals surface area contributed by atoms with Crippen molar-refractivity contribution in [1.29, 1.82) is 0 Å². The molecular formula is C11H9N3O. The summed E-state index contributed by atoms with van der Waals surface area (Å²) in [5.41, 5.74) is 6.57. The lowest BCUT2D eigenvalue weighted by Gasteiger charge is -1.92. The minimum Gasteiger partial charge on any atom is -0.369 e. The van der Waals surface area contributed by atoms with Crippen LogP contribution in [0.3, 0.4) is 0 Å². The lowest BCUT2D eigenvalue weighted by atomic mass is 10.3. The molecule has 0 atom stereocenters. The van der Waals surface area contributed by atoms with Crippen LogP contribution in [-0.2, 0) is 4.79 Å². The van der Waals surface area contributed by atoms with Crippen molar-refractivity contribution in [3.63, 3.8) is 0 Å². The van der Waals surface area contributed by atoms with Gasteiger partial charge < -0.3 is 5.73 Å². The summed E-state index contributed by atoms with van der Waals surface area (Å²) < 4.78 is 1.86. The topological polar surface area (TPSA) is 60.4 Å². The third-order valence-corrected chi connectivity index (χ3v) is 1.90. The minimum absolute atomic E-state index is 0.0695. The standard InChI is InChI=1S/C11H9N3O/c12-10(15)5-3-4-9-8-13-11-6-1-2-7-14(9)11/h1-2,6-8H,5H2,(H2,12,15). The molecule has 1 amide bonds. The van der Waals surface area contributed by atoms with Gasteiger partial charge in [-0.05, 0) is 18.1 Å². The normalized spacial score (nSPS) is 9.60. The van der Waals surface area contributed by atoms with Crippen LogP contribution in [0, 0.1) is 11.8 Å². The molecule has 4 heteroatoms. The van der Waals surface area contributed by atoms with Crippen molar-refractivity contribution in [2.75, 3.05) is 0 Å². The van der Waals surface area contributed by atoms with Gasteiger partial charge in [-0.2, -0.15) is 0 Å². The van der Waals surface area contributed by atoms with E-state index >= 15 is 0 Å². The quantitative estimate of drug-likeness (QED) is 0.682. The predicted octanol–water partition coefficient (Wildman–Crippen LogP) is 0.561. The van der Waals surface area contributed by atoms with Gasteiger partial charge in [-0.25, -0.2) is 4.98 Å². The number of carbonyl (C=O) groups is 1. The van der Waals surface area contributed by atoms with Crippen molar-refractivity contribution in [1.82, 2.24) is 9.38 Å². The Morgan fingerprint density at radius 2 is 2.40 bits per heavy atom. The first-order valence-corrected chi connectivity index (χ1v) is 4.46. The summed E-state index contributed by atoms with van der Waals surface area (Å²) in [6.45, 7) is 0. The van der Waals surface area contributed by atoms with Gasteiger partial charge in [-0.15, -0.1) is 0 Å². The number of nitrogens with zero attached hydrogens (tertiary/aromatic N) is 2. The SMILES string of the molecule is NC(=O)CC#Cc1cnc2ccccn12. The first kappa shape index (κ1) is 9.28. The number of imidazole rings is 1. The summed E-state index contributed by atoms with van der Waals surface area (Å²) in [7, 11) is 0. The highest BCUT2D eigenvalue weighted by Gasteiger charge is 1.97. The van der Waals surface area contributed by atoms with E-state index in [1.54, 1.807) is 6.20 Å². The number of rotatable bonds is 1. The van der Waals surface area contributed by atoms with Gasteiger partial charge in [0.15, 0.2) is 0 Å². The number of carbonyl (C=O) groups excluding carboxylic acids is 1. The van der Waals surface area contributed by atoms with Crippen LogP contribution in [0.1, 0.15) is 12.1 Å². The molecule has 15 heavy (non-hydrogen) atoms. The third-order valence-electron chi connectivity index (χ3n) is 1.90. The van der Waals surface area contributed by atoms with Gasteiger partial charge >= 0.3 is 0 Å². The number of pyridine rings is 1. The number of fused-ring (bicyclic) bond motifs is 1. The number of aromatic nitrogens is 2. The number of hydrogen-bond donors (Lipinski definition) is 1. The molecule has 0 aliphatic heterocycles. The lowest BCUT2D eigenvalue weighted by Crippen LogP contribution is -2.08. The average molecular weight is 199 g/mol. The first-order chi connectivity index (χ1) is 7.27. The molecule has 2 N–H and O–H groups in total. The molecule has 0 saturated carbocycles. The van der Waals surface area contributed by atoms with E-state index in [0.717, 1.165) is 11.3 Å². The molecule has 0 aliphatic rings. The molecule has 0 fully saturated rings. The van der Waals surface area contributed by atoms with Crippen LogP contribution in [0.5, 0.6) is 0 Å². The van der Waals surface area contributed by atoms with Crippen molar-refractivity contribution in [3.8, 4) is 11.8 Å². The molecule has 0 saturated heterocycles. The van der Waals surface area contributed by atoms with E-state index < -0.39 is 5.91 Å². The zero-order valence-corrected chi connectivity index (χ0v) is 7.97. The molecule has 0 unspecified atom stereocenters. The summed E-state index contributed by atoms with van der Waals surface area (Å²) in [6, 6.07) is 5.69. The highest BCUT2D eigenvalue weighted by atomic mass is 16.1. The molecule has 2 aromatic rings. The summed E-state index contributed by atoms with van der Waals surface area (Å²) in [5.74, 6) is 5.12. The molecule has 4 nitrogen and oxygen atoms in total. The maximum atomic E-state index is 10.5. The molecule has 2 rings (SSSR count). The van der Waals surface area contributed by atoms with Gasteiger partial charge in [0.1, 0.15) is 11.3 Å². The zero-order valence-electron chi connectivity index (χ0n) is 7.97. The Labute approximate surface area is 86.7 Å². The highest BCUT2D eigenvalue weighted by Crippen LogP contribution is 2.04. The van der Waals surface area contributed by atoms with Gasteiger partial charge in [0, 0.05) is 6.20 Å². The summed E-state index contributed by atoms with van der Waals surface area (Å²) >= 11 is 0. The molecule has 0 aliphatic carbocycles. The van der Waals surface area contributed by atoms with E-state index in [9.17, 15) is 4.79 Å². The number of hydrogen-bond acceptors (Lipinski definition) is 2. The highest BCUT2D eigenvalue weighted by molar-refractivity contribution is 5.76. The Kier molecular flexibility index (Phi) is 2.38. The van der Waals surface area contributed by atoms with Gasteiger partial charge in [-0.3, -0.25) is 9.20 Å². The fraction of sp³-hybridized carbons (Fsp3) is 0.0909. The Morgan fingerprint density at radius 3 is 3.20 bits per heavy atom. The molecule has 74 valence electrons. The number of amides is 1. The van der Waals surface area contributed by atoms with Crippen LogP contribution in [0.25, 0.3) is 5.65 Å². The molecule has 2 heterocycles. The smallest absolute Gasteiger partial charge is 0.229 e. The second kappa shape index (κ2) is 3.84. The van der Waals surface area contributed by atoms with Crippen molar-refractivity contribution >= 4 is 11.6 Å². The van der Waals surface area contributed by atoms with Crippen molar-refractivity contribution < 1.29 is 4.79 Å². The lowest BCUT2D eigenvalue weighted by molar-refractivity contribution is -0.117. The van der Waals surface area contributed by atoms with Crippen molar-refractivity contribution in [3.05, 3.63) is 36.3 Å². The van der Waals surface area contributed by atoms with E-state index in [1.807, 2.05) is 28.8 Å². The Hall–Kier alpha value is -2.28. The molecular weight excluding hydrogens is 190 g/mol. The van der Waals surface area contributed by atoms with E-state index in [2.05, 4.69) is 16.8 Å². The largest absolute Gasteiger partial charge is 0.369 e. The van der Waals surface area contributed by atoms with Gasteiger partial charge in [0.05, 0.1) is 12.6 Å². The summed E-state index contributed by atoms with van der Waals surface area (Å²) in [4.78, 5) is 14.6. The van der Waals surface area contributed by atoms with Gasteiger partial charge in [0.2, 0.25) is 5.91 Å². The number of nitrogens with two attached hydrogens (primary N) is 1. The number of primary amides is 1. The second-order valence-electron chi connectivity index (χ2n) is 3.02. The van der Waals surface area contributed by atoms with Crippen molar-refractivity contribution in [2.45, 2.75) is 6.42 Å². The van der Waals surface area contributed by atoms with E-state index in [4.69, 9.17) is 5.73 Å². The monoisotopic (exact) mass is 199 g/mol. The molecule has 0 aromatic carbocycles. The van der Waals surface area contributed by atoms with Crippen LogP contribution in [-0.4, -0.2) is 15.3 Å². The average Bonchev–Trinajstić information content (AvgIpc) is 2.62. The van der Waals surface area contributed by atoms with Crippen LogP contribution >= 0.6 is 0 Å². The Balaban J connectivity index is 2.35. The first-order valence-electron chi connectivity index (χ1n) is 4.46. The van der Waals surface area contributed by atoms with Crippen LogP contribution in [0.2, 0.25) is 0 Å². The van der Waals surface area contributed by atoms with E-state index in [-0.39, 0.29) is 6.42 Å². The second-order valence-corrected chi connectivity index (χ2v) is 3.02. The van der Waals surface area contributed by atoms with Crippen molar-refractivity contribution in [2.24, 2.45) is 5.73 Å². The molecule has 0 bridgehead atoms. The van der Waals surface area contributed by atoms with Gasteiger partial charge in [0.25, 0.3) is 0 Å². The maximum Gasteiger partial charge on any atom is 0.229 e. The minimum atomic E-state index is -0.420. The van der Waals surface area contributed by atoms with Crippen LogP contribution < -0.4 is 5.73 Å². The van der Waals surface area contributed by atoms with Crippen LogP contribution in [0.15, 0.2) is 30.6 Å². The molecule has 0 radical (unpaired) electrons. The Bertz CT molecular complexity index is 560. The van der Waals surface area contributed by atoms with E-state index in [1.165, 1.54) is 0 Å². The molecule has 2 aromatic heterocycles. The summed E-state index contributed by atoms with van der Waals surface area (Å²) in [5, 5.41) is 0. The Morgan fingerprint density at radius 1 is 1.53 bits per heavy atom. The summed E-state index contributed by atoms with van der Waals surface area (Å²) in [6.07, 6.45) is 3.61.